The number of amides is 1. The number of hydrogen-bond acceptors (Lipinski definition) is 5. The topological polar surface area (TPSA) is 88.7 Å². The highest BCUT2D eigenvalue weighted by molar-refractivity contribution is 7.86. The molecule has 0 spiro atoms. The number of ether oxygens (including phenoxy) is 1. The number of nitrogens with zero attached hydrogens (tertiary/aromatic N) is 1. The van der Waals surface area contributed by atoms with Crippen LogP contribution in [0.2, 0.25) is 0 Å². The summed E-state index contributed by atoms with van der Waals surface area (Å²) in [6, 6.07) is 10.8. The van der Waals surface area contributed by atoms with E-state index in [1.54, 1.807) is 29.3 Å². The third-order valence-electron chi connectivity index (χ3n) is 5.28. The largest absolute Gasteiger partial charge is 0.372 e. The second kappa shape index (κ2) is 8.78. The second-order valence-corrected chi connectivity index (χ2v) is 9.18. The maximum Gasteiger partial charge on any atom is 0.297 e. The number of aromatic amines is 1. The average Bonchev–Trinajstić information content (AvgIpc) is 3.14. The van der Waals surface area contributed by atoms with Crippen LogP contribution < -0.4 is 0 Å². The van der Waals surface area contributed by atoms with Crippen LogP contribution in [0.3, 0.4) is 0 Å². The molecule has 2 heterocycles. The fourth-order valence-electron chi connectivity index (χ4n) is 3.56. The van der Waals surface area contributed by atoms with Gasteiger partial charge in [-0.05, 0) is 42.8 Å². The van der Waals surface area contributed by atoms with E-state index in [1.807, 2.05) is 6.92 Å². The number of fused-ring (bicyclic) bond motifs is 1. The van der Waals surface area contributed by atoms with Crippen LogP contribution in [0.4, 0.5) is 4.39 Å². The lowest BCUT2D eigenvalue weighted by Gasteiger charge is -2.32. The Morgan fingerprint density at radius 2 is 2.03 bits per heavy atom. The van der Waals surface area contributed by atoms with E-state index < -0.39 is 16.2 Å². The number of carbonyl (C=O) groups excluding carboxylic acids is 1. The lowest BCUT2D eigenvalue weighted by atomic mass is 10.1. The summed E-state index contributed by atoms with van der Waals surface area (Å²) in [4.78, 5) is 17.5. The number of morpholine rings is 1. The van der Waals surface area contributed by atoms with E-state index in [2.05, 4.69) is 4.98 Å². The Bertz CT molecular complexity index is 1190. The molecule has 1 N–H and O–H groups in total. The first-order chi connectivity index (χ1) is 14.8. The van der Waals surface area contributed by atoms with Crippen molar-refractivity contribution in [1.29, 1.82) is 0 Å². The van der Waals surface area contributed by atoms with Crippen LogP contribution in [0.15, 0.2) is 53.6 Å². The summed E-state index contributed by atoms with van der Waals surface area (Å²) in [5, 5.41) is 0.798. The van der Waals surface area contributed by atoms with E-state index in [0.717, 1.165) is 16.5 Å². The van der Waals surface area contributed by atoms with E-state index in [9.17, 15) is 17.6 Å². The molecule has 2 aromatic carbocycles. The van der Waals surface area contributed by atoms with Crippen molar-refractivity contribution in [2.24, 2.45) is 0 Å². The van der Waals surface area contributed by atoms with E-state index in [4.69, 9.17) is 8.92 Å². The minimum Gasteiger partial charge on any atom is -0.372 e. The predicted octanol–water partition coefficient (Wildman–Crippen LogP) is 2.79. The molecule has 164 valence electrons. The standard InChI is InChI=1S/C22H23FN2O5S/c1-15-2-5-19(6-3-15)31(27,28)30-14-18-13-25(8-9-29-18)22(26)10-16-12-24-21-11-17(23)4-7-20(16)21/h2-7,11-12,18,24H,8-10,13-14H2,1H3/t18-/m1/s1. The van der Waals surface area contributed by atoms with Gasteiger partial charge < -0.3 is 14.6 Å². The molecular formula is C22H23FN2O5S. The molecule has 0 bridgehead atoms. The van der Waals surface area contributed by atoms with Gasteiger partial charge in [0.2, 0.25) is 5.91 Å². The fourth-order valence-corrected chi connectivity index (χ4v) is 4.50. The van der Waals surface area contributed by atoms with Crippen molar-refractivity contribution in [3.05, 3.63) is 65.6 Å². The number of rotatable bonds is 6. The van der Waals surface area contributed by atoms with Gasteiger partial charge in [0.05, 0.1) is 30.6 Å². The first-order valence-corrected chi connectivity index (χ1v) is 11.3. The molecule has 9 heteroatoms. The number of hydrogen-bond donors (Lipinski definition) is 1. The molecular weight excluding hydrogens is 423 g/mol. The highest BCUT2D eigenvalue weighted by atomic mass is 32.2. The van der Waals surface area contributed by atoms with Crippen molar-refractivity contribution in [2.75, 3.05) is 26.3 Å². The van der Waals surface area contributed by atoms with Crippen molar-refractivity contribution in [3.63, 3.8) is 0 Å². The second-order valence-electron chi connectivity index (χ2n) is 7.56. The Morgan fingerprint density at radius 1 is 1.26 bits per heavy atom. The van der Waals surface area contributed by atoms with Gasteiger partial charge in [0.1, 0.15) is 5.82 Å². The van der Waals surface area contributed by atoms with Gasteiger partial charge in [-0.3, -0.25) is 8.98 Å². The maximum absolute atomic E-state index is 13.4. The molecule has 1 aromatic heterocycles. The van der Waals surface area contributed by atoms with Crippen LogP contribution in [-0.2, 0) is 30.3 Å². The molecule has 31 heavy (non-hydrogen) atoms. The third kappa shape index (κ3) is 4.95. The predicted molar refractivity (Wildman–Crippen MR) is 113 cm³/mol. The van der Waals surface area contributed by atoms with Gasteiger partial charge >= 0.3 is 0 Å². The van der Waals surface area contributed by atoms with Gasteiger partial charge in [-0.25, -0.2) is 4.39 Å². The van der Waals surface area contributed by atoms with Crippen LogP contribution in [0.1, 0.15) is 11.1 Å². The lowest BCUT2D eigenvalue weighted by molar-refractivity contribution is -0.139. The Kier molecular flexibility index (Phi) is 6.08. The van der Waals surface area contributed by atoms with E-state index in [-0.39, 0.29) is 36.2 Å². The summed E-state index contributed by atoms with van der Waals surface area (Å²) >= 11 is 0. The highest BCUT2D eigenvalue weighted by Crippen LogP contribution is 2.21. The van der Waals surface area contributed by atoms with Gasteiger partial charge in [-0.1, -0.05) is 17.7 Å². The molecule has 1 atom stereocenters. The Hall–Kier alpha value is -2.75. The number of carbonyl (C=O) groups is 1. The Labute approximate surface area is 179 Å². The van der Waals surface area contributed by atoms with E-state index >= 15 is 0 Å². The van der Waals surface area contributed by atoms with Gasteiger partial charge in [-0.15, -0.1) is 0 Å². The molecule has 1 aliphatic heterocycles. The number of benzene rings is 2. The molecule has 0 saturated carbocycles. The van der Waals surface area contributed by atoms with E-state index in [1.165, 1.54) is 24.3 Å². The number of aromatic nitrogens is 1. The monoisotopic (exact) mass is 446 g/mol. The summed E-state index contributed by atoms with van der Waals surface area (Å²) in [5.74, 6) is -0.455. The zero-order valence-electron chi connectivity index (χ0n) is 17.0. The summed E-state index contributed by atoms with van der Waals surface area (Å²) in [5.41, 5.74) is 2.36. The minimum atomic E-state index is -3.90. The summed E-state index contributed by atoms with van der Waals surface area (Å²) < 4.78 is 48.9. The van der Waals surface area contributed by atoms with Gasteiger partial charge in [0, 0.05) is 30.2 Å². The van der Waals surface area contributed by atoms with Crippen molar-refractivity contribution in [3.8, 4) is 0 Å². The Balaban J connectivity index is 1.36. The summed E-state index contributed by atoms with van der Waals surface area (Å²) in [6.07, 6.45) is 1.31. The summed E-state index contributed by atoms with van der Waals surface area (Å²) in [6.45, 7) is 2.64. The van der Waals surface area contributed by atoms with E-state index in [0.29, 0.717) is 18.7 Å². The van der Waals surface area contributed by atoms with Crippen molar-refractivity contribution < 1.29 is 26.5 Å². The maximum atomic E-state index is 13.4. The lowest BCUT2D eigenvalue weighted by Crippen LogP contribution is -2.47. The van der Waals surface area contributed by atoms with Gasteiger partial charge in [0.15, 0.2) is 0 Å². The van der Waals surface area contributed by atoms with Crippen LogP contribution in [0, 0.1) is 12.7 Å². The molecule has 4 rings (SSSR count). The zero-order valence-corrected chi connectivity index (χ0v) is 17.8. The van der Waals surface area contributed by atoms with Gasteiger partial charge in [-0.2, -0.15) is 8.42 Å². The highest BCUT2D eigenvalue weighted by Gasteiger charge is 2.27. The van der Waals surface area contributed by atoms with Crippen LogP contribution >= 0.6 is 0 Å². The molecule has 0 unspecified atom stereocenters. The van der Waals surface area contributed by atoms with Crippen molar-refractivity contribution >= 4 is 26.9 Å². The Morgan fingerprint density at radius 3 is 2.81 bits per heavy atom. The number of H-pyrrole nitrogens is 1. The molecule has 3 aromatic rings. The van der Waals surface area contributed by atoms with Crippen molar-refractivity contribution in [1.82, 2.24) is 9.88 Å². The minimum absolute atomic E-state index is 0.0811. The number of halogens is 1. The van der Waals surface area contributed by atoms with Crippen LogP contribution in [0.5, 0.6) is 0 Å². The number of aryl methyl sites for hydroxylation is 1. The smallest absolute Gasteiger partial charge is 0.297 e. The van der Waals surface area contributed by atoms with Crippen molar-refractivity contribution in [2.45, 2.75) is 24.3 Å². The molecule has 1 saturated heterocycles. The molecule has 1 aliphatic rings. The van der Waals surface area contributed by atoms with Gasteiger partial charge in [0.25, 0.3) is 10.1 Å². The fraction of sp³-hybridized carbons (Fsp3) is 0.318. The molecule has 1 fully saturated rings. The third-order valence-corrected chi connectivity index (χ3v) is 6.58. The quantitative estimate of drug-likeness (QED) is 0.589. The molecule has 1 amide bonds. The SMILES string of the molecule is Cc1ccc(S(=O)(=O)OC[C@H]2CN(C(=O)Cc3c[nH]c4cc(F)ccc34)CCO2)cc1. The first-order valence-electron chi connectivity index (χ1n) is 9.93. The van der Waals surface area contributed by atoms with Crippen LogP contribution in [-0.4, -0.2) is 56.6 Å². The average molecular weight is 447 g/mol. The number of nitrogens with one attached hydrogen (secondary N) is 1. The molecule has 0 radical (unpaired) electrons. The first kappa shape index (κ1) is 21.5. The normalized spacial score (nSPS) is 17.2. The molecule has 7 nitrogen and oxygen atoms in total. The zero-order chi connectivity index (χ0) is 22.0. The van der Waals surface area contributed by atoms with Crippen LogP contribution in [0.25, 0.3) is 10.9 Å². The summed E-state index contributed by atoms with van der Waals surface area (Å²) in [7, 11) is -3.90. The molecule has 0 aliphatic carbocycles.